The highest BCUT2D eigenvalue weighted by molar-refractivity contribution is 5.89. The number of carbonyl (C=O) groups is 2. The lowest BCUT2D eigenvalue weighted by molar-refractivity contribution is -0.147. The highest BCUT2D eigenvalue weighted by atomic mass is 16.6. The Morgan fingerprint density at radius 2 is 1.87 bits per heavy atom. The van der Waals surface area contributed by atoms with Gasteiger partial charge in [-0.1, -0.05) is 20.4 Å². The number of methoxy groups -OCH3 is 1. The van der Waals surface area contributed by atoms with Crippen LogP contribution in [-0.2, 0) is 19.1 Å². The first kappa shape index (κ1) is 13.7. The number of hydrogen-bond acceptors (Lipinski definition) is 4. The van der Waals surface area contributed by atoms with Gasteiger partial charge in [-0.15, -0.1) is 0 Å². The molecule has 15 heavy (non-hydrogen) atoms. The Kier molecular flexibility index (Phi) is 5.67. The van der Waals surface area contributed by atoms with Gasteiger partial charge in [-0.05, 0) is 12.3 Å². The predicted octanol–water partition coefficient (Wildman–Crippen LogP) is 1.69. The van der Waals surface area contributed by atoms with Crippen molar-refractivity contribution < 1.29 is 19.1 Å². The fourth-order valence-electron chi connectivity index (χ4n) is 1.15. The number of hydrogen-bond donors (Lipinski definition) is 0. The van der Waals surface area contributed by atoms with Gasteiger partial charge in [0.1, 0.15) is 6.10 Å². The molecule has 0 fully saturated rings. The maximum atomic E-state index is 11.2. The van der Waals surface area contributed by atoms with Crippen molar-refractivity contribution in [1.82, 2.24) is 0 Å². The number of rotatable bonds is 5. The van der Waals surface area contributed by atoms with Crippen LogP contribution in [0.2, 0.25) is 0 Å². The van der Waals surface area contributed by atoms with E-state index in [1.807, 2.05) is 13.8 Å². The van der Waals surface area contributed by atoms with Crippen molar-refractivity contribution in [2.75, 3.05) is 7.11 Å². The van der Waals surface area contributed by atoms with Crippen LogP contribution in [0.15, 0.2) is 12.2 Å². The molecule has 4 nitrogen and oxygen atoms in total. The van der Waals surface area contributed by atoms with Crippen molar-refractivity contribution >= 4 is 11.9 Å². The van der Waals surface area contributed by atoms with E-state index in [-0.39, 0.29) is 5.57 Å². The zero-order chi connectivity index (χ0) is 12.0. The maximum Gasteiger partial charge on any atom is 0.336 e. The molecule has 0 amide bonds. The normalized spacial score (nSPS) is 12.1. The first-order valence-electron chi connectivity index (χ1n) is 4.82. The predicted molar refractivity (Wildman–Crippen MR) is 56.2 cm³/mol. The van der Waals surface area contributed by atoms with Crippen LogP contribution >= 0.6 is 0 Å². The standard InChI is InChI=1S/C11H18O4/c1-7(2)6-10(15-9(4)12)8(3)11(13)14-5/h7,10H,3,6H2,1-2,4-5H3. The zero-order valence-electron chi connectivity index (χ0n) is 9.70. The lowest BCUT2D eigenvalue weighted by atomic mass is 10.0. The molecule has 0 spiro atoms. The molecule has 0 saturated heterocycles. The Labute approximate surface area is 90.2 Å². The van der Waals surface area contributed by atoms with Gasteiger partial charge in [-0.2, -0.15) is 0 Å². The van der Waals surface area contributed by atoms with E-state index >= 15 is 0 Å². The Balaban J connectivity index is 4.54. The van der Waals surface area contributed by atoms with Gasteiger partial charge in [0.05, 0.1) is 12.7 Å². The molecule has 0 bridgehead atoms. The quantitative estimate of drug-likeness (QED) is 0.516. The Morgan fingerprint density at radius 3 is 2.20 bits per heavy atom. The summed E-state index contributed by atoms with van der Waals surface area (Å²) in [4.78, 5) is 22.0. The third-order valence-electron chi connectivity index (χ3n) is 1.83. The van der Waals surface area contributed by atoms with Crippen molar-refractivity contribution in [3.8, 4) is 0 Å². The van der Waals surface area contributed by atoms with Crippen LogP contribution in [0.25, 0.3) is 0 Å². The molecule has 4 heteroatoms. The summed E-state index contributed by atoms with van der Waals surface area (Å²) < 4.78 is 9.53. The summed E-state index contributed by atoms with van der Waals surface area (Å²) in [5, 5.41) is 0. The fourth-order valence-corrected chi connectivity index (χ4v) is 1.15. The molecule has 0 N–H and O–H groups in total. The van der Waals surface area contributed by atoms with Gasteiger partial charge in [0, 0.05) is 6.92 Å². The molecule has 1 atom stereocenters. The van der Waals surface area contributed by atoms with Gasteiger partial charge in [-0.3, -0.25) is 4.79 Å². The molecule has 86 valence electrons. The molecule has 0 aromatic carbocycles. The van der Waals surface area contributed by atoms with Crippen molar-refractivity contribution in [1.29, 1.82) is 0 Å². The number of carbonyl (C=O) groups excluding carboxylic acids is 2. The van der Waals surface area contributed by atoms with Crippen molar-refractivity contribution in [2.24, 2.45) is 5.92 Å². The smallest absolute Gasteiger partial charge is 0.336 e. The third-order valence-corrected chi connectivity index (χ3v) is 1.83. The second kappa shape index (κ2) is 6.22. The molecule has 0 heterocycles. The third kappa shape index (κ3) is 5.20. The topological polar surface area (TPSA) is 52.6 Å². The van der Waals surface area contributed by atoms with Crippen LogP contribution in [0.3, 0.4) is 0 Å². The molecule has 0 aliphatic heterocycles. The summed E-state index contributed by atoms with van der Waals surface area (Å²) >= 11 is 0. The SMILES string of the molecule is C=C(C(=O)OC)C(CC(C)C)OC(C)=O. The van der Waals surface area contributed by atoms with E-state index in [1.165, 1.54) is 14.0 Å². The van der Waals surface area contributed by atoms with Crippen molar-refractivity contribution in [3.63, 3.8) is 0 Å². The van der Waals surface area contributed by atoms with E-state index in [9.17, 15) is 9.59 Å². The lowest BCUT2D eigenvalue weighted by Gasteiger charge is -2.19. The maximum absolute atomic E-state index is 11.2. The van der Waals surface area contributed by atoms with Gasteiger partial charge in [0.2, 0.25) is 0 Å². The van der Waals surface area contributed by atoms with E-state index in [0.29, 0.717) is 12.3 Å². The molecule has 0 aromatic heterocycles. The van der Waals surface area contributed by atoms with E-state index in [4.69, 9.17) is 4.74 Å². The molecule has 0 aliphatic rings. The summed E-state index contributed by atoms with van der Waals surface area (Å²) in [6, 6.07) is 0. The Hall–Kier alpha value is -1.32. The van der Waals surface area contributed by atoms with E-state index in [0.717, 1.165) is 0 Å². The summed E-state index contributed by atoms with van der Waals surface area (Å²) in [6.45, 7) is 8.83. The Morgan fingerprint density at radius 1 is 1.33 bits per heavy atom. The molecule has 0 radical (unpaired) electrons. The fraction of sp³-hybridized carbons (Fsp3) is 0.636. The molecule has 0 aromatic rings. The molecule has 0 rings (SSSR count). The molecule has 0 saturated carbocycles. The van der Waals surface area contributed by atoms with Crippen molar-refractivity contribution in [3.05, 3.63) is 12.2 Å². The van der Waals surface area contributed by atoms with Gasteiger partial charge in [0.15, 0.2) is 0 Å². The van der Waals surface area contributed by atoms with E-state index in [2.05, 4.69) is 11.3 Å². The summed E-state index contributed by atoms with van der Waals surface area (Å²) in [5.41, 5.74) is 0.182. The van der Waals surface area contributed by atoms with Crippen LogP contribution < -0.4 is 0 Å². The van der Waals surface area contributed by atoms with Gasteiger partial charge in [-0.25, -0.2) is 4.79 Å². The minimum Gasteiger partial charge on any atom is -0.466 e. The Bertz CT molecular complexity index is 255. The lowest BCUT2D eigenvalue weighted by Crippen LogP contribution is -2.25. The van der Waals surface area contributed by atoms with Gasteiger partial charge >= 0.3 is 11.9 Å². The largest absolute Gasteiger partial charge is 0.466 e. The molecule has 1 unspecified atom stereocenters. The number of ether oxygens (including phenoxy) is 2. The first-order valence-corrected chi connectivity index (χ1v) is 4.82. The summed E-state index contributed by atoms with van der Waals surface area (Å²) in [5.74, 6) is -0.664. The zero-order valence-corrected chi connectivity index (χ0v) is 9.70. The molecular formula is C11H18O4. The molecular weight excluding hydrogens is 196 g/mol. The van der Waals surface area contributed by atoms with Gasteiger partial charge in [0.25, 0.3) is 0 Å². The van der Waals surface area contributed by atoms with Crippen LogP contribution in [0.5, 0.6) is 0 Å². The minimum absolute atomic E-state index is 0.182. The van der Waals surface area contributed by atoms with Crippen LogP contribution in [0.4, 0.5) is 0 Å². The average molecular weight is 214 g/mol. The van der Waals surface area contributed by atoms with E-state index < -0.39 is 18.0 Å². The van der Waals surface area contributed by atoms with Crippen LogP contribution in [-0.4, -0.2) is 25.2 Å². The second-order valence-corrected chi connectivity index (χ2v) is 3.74. The highest BCUT2D eigenvalue weighted by Crippen LogP contribution is 2.16. The summed E-state index contributed by atoms with van der Waals surface area (Å²) in [6.07, 6.45) is -0.0250. The molecule has 0 aliphatic carbocycles. The van der Waals surface area contributed by atoms with Gasteiger partial charge < -0.3 is 9.47 Å². The van der Waals surface area contributed by atoms with E-state index in [1.54, 1.807) is 0 Å². The summed E-state index contributed by atoms with van der Waals surface area (Å²) in [7, 11) is 1.27. The van der Waals surface area contributed by atoms with Crippen LogP contribution in [0, 0.1) is 5.92 Å². The van der Waals surface area contributed by atoms with Crippen molar-refractivity contribution in [2.45, 2.75) is 33.3 Å². The monoisotopic (exact) mass is 214 g/mol. The average Bonchev–Trinajstić information content (AvgIpc) is 2.13. The minimum atomic E-state index is -0.588. The highest BCUT2D eigenvalue weighted by Gasteiger charge is 2.23. The first-order chi connectivity index (χ1) is 6.88. The number of esters is 2. The van der Waals surface area contributed by atoms with Crippen LogP contribution in [0.1, 0.15) is 27.2 Å². The second-order valence-electron chi connectivity index (χ2n) is 3.74.